The van der Waals surface area contributed by atoms with E-state index in [1.807, 2.05) is 36.4 Å². The van der Waals surface area contributed by atoms with E-state index in [9.17, 15) is 22.4 Å². The fourth-order valence-corrected chi connectivity index (χ4v) is 4.01. The molecule has 0 unspecified atom stereocenters. The second-order valence-corrected chi connectivity index (χ2v) is 9.46. The number of aliphatic carboxylic acids is 1. The molecule has 0 radical (unpaired) electrons. The molecule has 3 aromatic carbocycles. The van der Waals surface area contributed by atoms with Crippen LogP contribution in [-0.4, -0.2) is 33.1 Å². The summed E-state index contributed by atoms with van der Waals surface area (Å²) in [6.07, 6.45) is -2.09. The first kappa shape index (κ1) is 29.6. The SMILES string of the molecule is O=C(Nc1ccc(F)c(Cl)c1)c1cc2cc(c1)Nc1nc(ncc1Cl)Nc1cccc(c1)CC2.O=C(O)C(F)(F)F. The van der Waals surface area contributed by atoms with Crippen molar-refractivity contribution in [2.24, 2.45) is 0 Å². The molecular formula is C27H19Cl2F4N5O3. The second-order valence-electron chi connectivity index (χ2n) is 8.65. The highest BCUT2D eigenvalue weighted by molar-refractivity contribution is 6.33. The maximum atomic E-state index is 13.5. The van der Waals surface area contributed by atoms with Crippen LogP contribution in [0.15, 0.2) is 66.9 Å². The lowest BCUT2D eigenvalue weighted by Gasteiger charge is -2.13. The molecule has 0 aliphatic carbocycles. The van der Waals surface area contributed by atoms with Crippen LogP contribution in [0.1, 0.15) is 21.5 Å². The van der Waals surface area contributed by atoms with Crippen molar-refractivity contribution in [3.63, 3.8) is 0 Å². The molecule has 212 valence electrons. The van der Waals surface area contributed by atoms with Gasteiger partial charge in [-0.2, -0.15) is 18.2 Å². The number of nitrogens with zero attached hydrogens (tertiary/aromatic N) is 2. The number of anilines is 5. The van der Waals surface area contributed by atoms with E-state index >= 15 is 0 Å². The number of fused-ring (bicyclic) bond motifs is 6. The van der Waals surface area contributed by atoms with E-state index in [0.717, 1.165) is 23.2 Å². The fourth-order valence-electron chi connectivity index (χ4n) is 3.69. The Balaban J connectivity index is 0.000000493. The van der Waals surface area contributed by atoms with E-state index in [4.69, 9.17) is 33.1 Å². The normalized spacial score (nSPS) is 12.1. The van der Waals surface area contributed by atoms with Gasteiger partial charge in [-0.3, -0.25) is 4.79 Å². The Morgan fingerprint density at radius 2 is 1.61 bits per heavy atom. The molecule has 6 bridgehead atoms. The van der Waals surface area contributed by atoms with E-state index in [0.29, 0.717) is 40.1 Å². The van der Waals surface area contributed by atoms with Crippen molar-refractivity contribution >= 4 is 63.9 Å². The molecule has 0 fully saturated rings. The Kier molecular flexibility index (Phi) is 8.94. The highest BCUT2D eigenvalue weighted by atomic mass is 35.5. The molecule has 4 aromatic rings. The lowest BCUT2D eigenvalue weighted by Crippen LogP contribution is -2.21. The van der Waals surface area contributed by atoms with Crippen LogP contribution in [-0.2, 0) is 17.6 Å². The summed E-state index contributed by atoms with van der Waals surface area (Å²) in [5, 5.41) is 16.6. The van der Waals surface area contributed by atoms with Crippen molar-refractivity contribution in [3.05, 3.63) is 99.4 Å². The van der Waals surface area contributed by atoms with E-state index in [2.05, 4.69) is 25.9 Å². The topological polar surface area (TPSA) is 116 Å². The van der Waals surface area contributed by atoms with E-state index in [-0.39, 0.29) is 10.9 Å². The zero-order valence-corrected chi connectivity index (χ0v) is 22.2. The molecule has 1 aliphatic rings. The molecule has 14 heteroatoms. The first-order valence-corrected chi connectivity index (χ1v) is 12.5. The number of carbonyl (C=O) groups excluding carboxylic acids is 1. The molecule has 0 saturated heterocycles. The van der Waals surface area contributed by atoms with Gasteiger partial charge in [0.05, 0.1) is 11.2 Å². The minimum Gasteiger partial charge on any atom is -0.475 e. The number of carboxylic acids is 1. The summed E-state index contributed by atoms with van der Waals surface area (Å²) in [5.41, 5.74) is 4.42. The van der Waals surface area contributed by atoms with Crippen LogP contribution < -0.4 is 16.0 Å². The molecule has 5 rings (SSSR count). The summed E-state index contributed by atoms with van der Waals surface area (Å²) in [5.74, 6) is -2.86. The first-order valence-electron chi connectivity index (χ1n) is 11.7. The number of hydrogen-bond donors (Lipinski definition) is 4. The van der Waals surface area contributed by atoms with Crippen LogP contribution in [0.5, 0.6) is 0 Å². The van der Waals surface area contributed by atoms with Crippen molar-refractivity contribution in [3.8, 4) is 0 Å². The highest BCUT2D eigenvalue weighted by Crippen LogP contribution is 2.28. The number of benzene rings is 3. The molecule has 2 heterocycles. The van der Waals surface area contributed by atoms with Crippen LogP contribution in [0.25, 0.3) is 0 Å². The molecular weight excluding hydrogens is 589 g/mol. The van der Waals surface area contributed by atoms with Gasteiger partial charge >= 0.3 is 12.1 Å². The number of nitrogens with one attached hydrogen (secondary N) is 3. The Hall–Kier alpha value is -4.42. The lowest BCUT2D eigenvalue weighted by molar-refractivity contribution is -0.192. The minimum atomic E-state index is -5.08. The molecule has 0 atom stereocenters. The largest absolute Gasteiger partial charge is 0.490 e. The van der Waals surface area contributed by atoms with Crippen LogP contribution in [0.4, 0.5) is 46.4 Å². The number of rotatable bonds is 2. The molecule has 0 saturated carbocycles. The van der Waals surface area contributed by atoms with Crippen LogP contribution >= 0.6 is 23.2 Å². The first-order chi connectivity index (χ1) is 19.4. The van der Waals surface area contributed by atoms with E-state index < -0.39 is 18.0 Å². The Labute approximate surface area is 240 Å². The van der Waals surface area contributed by atoms with Gasteiger partial charge in [0.2, 0.25) is 5.95 Å². The van der Waals surface area contributed by atoms with Gasteiger partial charge in [-0.1, -0.05) is 35.3 Å². The number of alkyl halides is 3. The molecule has 41 heavy (non-hydrogen) atoms. The predicted octanol–water partition coefficient (Wildman–Crippen LogP) is 7.39. The monoisotopic (exact) mass is 607 g/mol. The quantitative estimate of drug-likeness (QED) is 0.175. The Bertz CT molecular complexity index is 1620. The van der Waals surface area contributed by atoms with E-state index in [1.165, 1.54) is 24.4 Å². The van der Waals surface area contributed by atoms with E-state index in [1.54, 1.807) is 6.07 Å². The minimum absolute atomic E-state index is 0.0653. The Morgan fingerprint density at radius 1 is 0.902 bits per heavy atom. The fraction of sp³-hybridized carbons (Fsp3) is 0.111. The molecule has 8 nitrogen and oxygen atoms in total. The van der Waals surface area contributed by atoms with Gasteiger partial charge in [-0.05, 0) is 72.5 Å². The van der Waals surface area contributed by atoms with Crippen molar-refractivity contribution in [1.82, 2.24) is 9.97 Å². The van der Waals surface area contributed by atoms with Crippen molar-refractivity contribution in [1.29, 1.82) is 0 Å². The van der Waals surface area contributed by atoms with Crippen molar-refractivity contribution < 1.29 is 32.3 Å². The van der Waals surface area contributed by atoms with Gasteiger partial charge in [-0.25, -0.2) is 14.2 Å². The number of aromatic nitrogens is 2. The smallest absolute Gasteiger partial charge is 0.475 e. The summed E-state index contributed by atoms with van der Waals surface area (Å²) in [6.45, 7) is 0. The third-order valence-electron chi connectivity index (χ3n) is 5.57. The predicted molar refractivity (Wildman–Crippen MR) is 147 cm³/mol. The summed E-state index contributed by atoms with van der Waals surface area (Å²) in [4.78, 5) is 30.7. The molecule has 1 aliphatic heterocycles. The third kappa shape index (κ3) is 8.05. The van der Waals surface area contributed by atoms with Gasteiger partial charge in [0, 0.05) is 22.6 Å². The summed E-state index contributed by atoms with van der Waals surface area (Å²) in [7, 11) is 0. The number of carboxylic acid groups (broad SMARTS) is 1. The number of hydrogen-bond acceptors (Lipinski definition) is 6. The lowest BCUT2D eigenvalue weighted by atomic mass is 10.0. The van der Waals surface area contributed by atoms with Gasteiger partial charge in [0.25, 0.3) is 5.91 Å². The van der Waals surface area contributed by atoms with Crippen LogP contribution in [0.2, 0.25) is 10.0 Å². The second kappa shape index (κ2) is 12.4. The van der Waals surface area contributed by atoms with Gasteiger partial charge in [-0.15, -0.1) is 0 Å². The summed E-state index contributed by atoms with van der Waals surface area (Å²) >= 11 is 12.2. The number of halogens is 6. The van der Waals surface area contributed by atoms with Crippen LogP contribution in [0, 0.1) is 5.82 Å². The average molecular weight is 608 g/mol. The molecule has 1 amide bonds. The van der Waals surface area contributed by atoms with Gasteiger partial charge in [0.1, 0.15) is 10.8 Å². The van der Waals surface area contributed by atoms with Gasteiger partial charge < -0.3 is 21.1 Å². The number of carbonyl (C=O) groups is 2. The van der Waals surface area contributed by atoms with Crippen molar-refractivity contribution in [2.45, 2.75) is 19.0 Å². The number of amides is 1. The summed E-state index contributed by atoms with van der Waals surface area (Å²) in [6, 6.07) is 17.5. The maximum absolute atomic E-state index is 13.5. The standard InChI is InChI=1S/C25H18Cl2FN5O.C2HF3O2/c26-20-12-18(6-7-22(20)28)31-24(34)16-8-15-5-4-14-2-1-3-17(9-14)32-25-29-13-21(27)23(33-25)30-19(10-15)11-16;3-2(4,5)1(6)7/h1-3,6-13H,4-5H2,(H,31,34)(H2,29,30,32,33);(H,6,7). The molecule has 1 aromatic heterocycles. The third-order valence-corrected chi connectivity index (χ3v) is 6.13. The van der Waals surface area contributed by atoms with Crippen molar-refractivity contribution in [2.75, 3.05) is 16.0 Å². The van der Waals surface area contributed by atoms with Gasteiger partial charge in [0.15, 0.2) is 5.82 Å². The zero-order chi connectivity index (χ0) is 29.7. The highest BCUT2D eigenvalue weighted by Gasteiger charge is 2.38. The molecule has 4 N–H and O–H groups in total. The number of aryl methyl sites for hydroxylation is 2. The molecule has 0 spiro atoms. The zero-order valence-electron chi connectivity index (χ0n) is 20.7. The summed E-state index contributed by atoms with van der Waals surface area (Å²) < 4.78 is 45.2. The maximum Gasteiger partial charge on any atom is 0.490 e. The Morgan fingerprint density at radius 3 is 2.32 bits per heavy atom. The average Bonchev–Trinajstić information content (AvgIpc) is 2.91. The van der Waals surface area contributed by atoms with Crippen LogP contribution in [0.3, 0.4) is 0 Å².